The molecule has 0 aliphatic carbocycles. The average Bonchev–Trinajstić information content (AvgIpc) is 2.44. The van der Waals surface area contributed by atoms with E-state index in [2.05, 4.69) is 10.6 Å². The van der Waals surface area contributed by atoms with Gasteiger partial charge in [0, 0.05) is 24.2 Å². The Labute approximate surface area is 122 Å². The molecule has 21 heavy (non-hydrogen) atoms. The van der Waals surface area contributed by atoms with E-state index in [9.17, 15) is 14.4 Å². The highest BCUT2D eigenvalue weighted by Crippen LogP contribution is 2.23. The van der Waals surface area contributed by atoms with Gasteiger partial charge in [-0.3, -0.25) is 14.4 Å². The number of fused-ring (bicyclic) bond motifs is 1. The average molecular weight is 290 g/mol. The molecular weight excluding hydrogens is 272 g/mol. The lowest BCUT2D eigenvalue weighted by molar-refractivity contribution is -0.146. The molecule has 0 radical (unpaired) electrons. The van der Waals surface area contributed by atoms with Crippen molar-refractivity contribution >= 4 is 23.5 Å². The van der Waals surface area contributed by atoms with Crippen LogP contribution in [0.5, 0.6) is 0 Å². The number of carbonyl (C=O) groups is 3. The molecule has 3 N–H and O–H groups in total. The minimum atomic E-state index is -1.02. The third-order valence-electron chi connectivity index (χ3n) is 3.53. The Morgan fingerprint density at radius 2 is 2.05 bits per heavy atom. The molecule has 1 aliphatic heterocycles. The molecule has 0 fully saturated rings. The van der Waals surface area contributed by atoms with Crippen molar-refractivity contribution in [2.45, 2.75) is 26.7 Å². The molecule has 0 aromatic heterocycles. The van der Waals surface area contributed by atoms with E-state index in [0.29, 0.717) is 18.4 Å². The predicted octanol–water partition coefficient (Wildman–Crippen LogP) is 1.41. The van der Waals surface area contributed by atoms with E-state index in [1.807, 2.05) is 0 Å². The molecule has 0 saturated carbocycles. The molecule has 1 aromatic rings. The molecule has 6 nitrogen and oxygen atoms in total. The maximum absolute atomic E-state index is 12.1. The van der Waals surface area contributed by atoms with Crippen LogP contribution >= 0.6 is 0 Å². The maximum Gasteiger partial charge on any atom is 0.310 e. The third-order valence-corrected chi connectivity index (χ3v) is 3.53. The van der Waals surface area contributed by atoms with Crippen molar-refractivity contribution in [3.8, 4) is 0 Å². The summed E-state index contributed by atoms with van der Waals surface area (Å²) in [5.74, 6) is -1.30. The van der Waals surface area contributed by atoms with Gasteiger partial charge in [-0.05, 0) is 44.0 Å². The molecule has 2 rings (SSSR count). The number of aliphatic carboxylic acids is 1. The summed E-state index contributed by atoms with van der Waals surface area (Å²) < 4.78 is 0. The zero-order valence-corrected chi connectivity index (χ0v) is 12.0. The summed E-state index contributed by atoms with van der Waals surface area (Å²) in [5.41, 5.74) is 1.09. The van der Waals surface area contributed by atoms with Gasteiger partial charge in [0.2, 0.25) is 5.91 Å². The molecule has 1 aliphatic rings. The van der Waals surface area contributed by atoms with Crippen molar-refractivity contribution in [2.24, 2.45) is 5.41 Å². The van der Waals surface area contributed by atoms with E-state index < -0.39 is 11.4 Å². The van der Waals surface area contributed by atoms with Crippen LogP contribution in [0.2, 0.25) is 0 Å². The first-order chi connectivity index (χ1) is 9.79. The highest BCUT2D eigenvalue weighted by molar-refractivity contribution is 5.98. The lowest BCUT2D eigenvalue weighted by atomic mass is 9.93. The van der Waals surface area contributed by atoms with Crippen molar-refractivity contribution in [3.05, 3.63) is 29.3 Å². The predicted molar refractivity (Wildman–Crippen MR) is 77.1 cm³/mol. The van der Waals surface area contributed by atoms with Crippen LogP contribution in [0.3, 0.4) is 0 Å². The number of rotatable bonds is 4. The first-order valence-electron chi connectivity index (χ1n) is 6.74. The second-order valence-corrected chi connectivity index (χ2v) is 5.79. The molecule has 0 atom stereocenters. The van der Waals surface area contributed by atoms with Gasteiger partial charge in [0.1, 0.15) is 0 Å². The monoisotopic (exact) mass is 290 g/mol. The van der Waals surface area contributed by atoms with Gasteiger partial charge in [-0.2, -0.15) is 0 Å². The van der Waals surface area contributed by atoms with Gasteiger partial charge in [0.25, 0.3) is 5.91 Å². The van der Waals surface area contributed by atoms with Gasteiger partial charge in [-0.15, -0.1) is 0 Å². The fourth-order valence-electron chi connectivity index (χ4n) is 2.00. The van der Waals surface area contributed by atoms with Crippen molar-refractivity contribution in [1.82, 2.24) is 5.32 Å². The topological polar surface area (TPSA) is 95.5 Å². The fraction of sp³-hybridized carbons (Fsp3) is 0.400. The smallest absolute Gasteiger partial charge is 0.310 e. The lowest BCUT2D eigenvalue weighted by Gasteiger charge is -2.20. The standard InChI is InChI=1S/C15H18N2O4/c1-15(2,14(20)21)8-16-13(19)10-3-5-11-9(7-10)4-6-12(18)17-11/h3,5,7H,4,6,8H2,1-2H3,(H,16,19)(H,17,18)(H,20,21). The molecule has 1 heterocycles. The summed E-state index contributed by atoms with van der Waals surface area (Å²) in [5, 5.41) is 14.4. The van der Waals surface area contributed by atoms with Crippen LogP contribution in [0, 0.1) is 5.41 Å². The minimum Gasteiger partial charge on any atom is -0.481 e. The van der Waals surface area contributed by atoms with E-state index in [1.54, 1.807) is 32.0 Å². The number of hydrogen-bond donors (Lipinski definition) is 3. The molecule has 0 saturated heterocycles. The second kappa shape index (κ2) is 5.55. The molecule has 0 unspecified atom stereocenters. The highest BCUT2D eigenvalue weighted by atomic mass is 16.4. The van der Waals surface area contributed by atoms with Gasteiger partial charge in [-0.1, -0.05) is 0 Å². The molecule has 2 amide bonds. The van der Waals surface area contributed by atoms with E-state index in [4.69, 9.17) is 5.11 Å². The Morgan fingerprint density at radius 3 is 2.71 bits per heavy atom. The van der Waals surface area contributed by atoms with Crippen LogP contribution in [0.15, 0.2) is 18.2 Å². The Kier molecular flexibility index (Phi) is 3.97. The van der Waals surface area contributed by atoms with Gasteiger partial charge in [0.15, 0.2) is 0 Å². The molecule has 1 aromatic carbocycles. The van der Waals surface area contributed by atoms with Gasteiger partial charge in [-0.25, -0.2) is 0 Å². The van der Waals surface area contributed by atoms with Crippen LogP contribution in [0.1, 0.15) is 36.2 Å². The first kappa shape index (κ1) is 15.0. The maximum atomic E-state index is 12.1. The summed E-state index contributed by atoms with van der Waals surface area (Å²) in [6.07, 6.45) is 1.01. The molecule has 6 heteroatoms. The number of aryl methyl sites for hydroxylation is 1. The van der Waals surface area contributed by atoms with Crippen LogP contribution in [0.25, 0.3) is 0 Å². The number of anilines is 1. The summed E-state index contributed by atoms with van der Waals surface area (Å²) in [7, 11) is 0. The van der Waals surface area contributed by atoms with E-state index in [-0.39, 0.29) is 18.4 Å². The molecule has 0 bridgehead atoms. The third kappa shape index (κ3) is 3.39. The van der Waals surface area contributed by atoms with Gasteiger partial charge >= 0.3 is 5.97 Å². The highest BCUT2D eigenvalue weighted by Gasteiger charge is 2.27. The Bertz CT molecular complexity index is 608. The number of hydrogen-bond acceptors (Lipinski definition) is 3. The number of nitrogens with one attached hydrogen (secondary N) is 2. The van der Waals surface area contributed by atoms with E-state index in [0.717, 1.165) is 11.3 Å². The van der Waals surface area contributed by atoms with Crippen LogP contribution in [0.4, 0.5) is 5.69 Å². The first-order valence-corrected chi connectivity index (χ1v) is 6.74. The number of benzene rings is 1. The number of carbonyl (C=O) groups excluding carboxylic acids is 2. The second-order valence-electron chi connectivity index (χ2n) is 5.79. The summed E-state index contributed by atoms with van der Waals surface area (Å²) in [6, 6.07) is 5.05. The Balaban J connectivity index is 2.07. The van der Waals surface area contributed by atoms with Gasteiger partial charge in [0.05, 0.1) is 5.41 Å². The number of carboxylic acid groups (broad SMARTS) is 1. The van der Waals surface area contributed by atoms with E-state index in [1.165, 1.54) is 0 Å². The van der Waals surface area contributed by atoms with E-state index >= 15 is 0 Å². The van der Waals surface area contributed by atoms with Crippen molar-refractivity contribution < 1.29 is 19.5 Å². The zero-order chi connectivity index (χ0) is 15.6. The number of carboxylic acids is 1. The Hall–Kier alpha value is -2.37. The Morgan fingerprint density at radius 1 is 1.33 bits per heavy atom. The zero-order valence-electron chi connectivity index (χ0n) is 12.0. The quantitative estimate of drug-likeness (QED) is 0.781. The van der Waals surface area contributed by atoms with Crippen molar-refractivity contribution in [2.75, 3.05) is 11.9 Å². The SMILES string of the molecule is CC(C)(CNC(=O)c1ccc2c(c1)CCC(=O)N2)C(=O)O. The summed E-state index contributed by atoms with van der Waals surface area (Å²) in [6.45, 7) is 3.16. The largest absolute Gasteiger partial charge is 0.481 e. The molecule has 0 spiro atoms. The van der Waals surface area contributed by atoms with Crippen LogP contribution in [-0.4, -0.2) is 29.4 Å². The summed E-state index contributed by atoms with van der Waals surface area (Å²) in [4.78, 5) is 34.3. The summed E-state index contributed by atoms with van der Waals surface area (Å²) >= 11 is 0. The normalized spacial score (nSPS) is 14.1. The molecule has 112 valence electrons. The van der Waals surface area contributed by atoms with Crippen molar-refractivity contribution in [3.63, 3.8) is 0 Å². The minimum absolute atomic E-state index is 0.0251. The van der Waals surface area contributed by atoms with Crippen molar-refractivity contribution in [1.29, 1.82) is 0 Å². The van der Waals surface area contributed by atoms with Crippen LogP contribution in [-0.2, 0) is 16.0 Å². The lowest BCUT2D eigenvalue weighted by Crippen LogP contribution is -2.39. The van der Waals surface area contributed by atoms with Gasteiger partial charge < -0.3 is 15.7 Å². The number of amides is 2. The van der Waals surface area contributed by atoms with Crippen LogP contribution < -0.4 is 10.6 Å². The molecular formula is C15H18N2O4. The fourth-order valence-corrected chi connectivity index (χ4v) is 2.00.